The first-order valence-corrected chi connectivity index (χ1v) is 10.9. The van der Waals surface area contributed by atoms with Gasteiger partial charge in [0, 0.05) is 29.7 Å². The fraction of sp³-hybridized carbons (Fsp3) is 0.115. The van der Waals surface area contributed by atoms with Crippen LogP contribution in [0.25, 0.3) is 28.2 Å². The molecule has 10 nitrogen and oxygen atoms in total. The molecule has 0 saturated heterocycles. The number of esters is 1. The predicted octanol–water partition coefficient (Wildman–Crippen LogP) is 4.36. The lowest BCUT2D eigenvalue weighted by Crippen LogP contribution is -2.08. The number of ether oxygens (including phenoxy) is 3. The van der Waals surface area contributed by atoms with E-state index in [2.05, 4.69) is 20.2 Å². The molecule has 3 aromatic heterocycles. The molecule has 0 fully saturated rings. The van der Waals surface area contributed by atoms with Crippen LogP contribution in [0.1, 0.15) is 16.4 Å². The summed E-state index contributed by atoms with van der Waals surface area (Å²) in [5, 5.41) is 8.43. The molecule has 3 heterocycles. The van der Waals surface area contributed by atoms with E-state index in [0.717, 1.165) is 5.69 Å². The van der Waals surface area contributed by atoms with Crippen molar-refractivity contribution in [2.45, 2.75) is 6.61 Å². The van der Waals surface area contributed by atoms with Gasteiger partial charge in [-0.1, -0.05) is 29.4 Å². The Kier molecular flexibility index (Phi) is 6.39. The summed E-state index contributed by atoms with van der Waals surface area (Å²) >= 11 is 0. The van der Waals surface area contributed by atoms with Crippen molar-refractivity contribution in [2.75, 3.05) is 14.2 Å². The summed E-state index contributed by atoms with van der Waals surface area (Å²) in [5.41, 5.74) is 2.87. The Bertz CT molecular complexity index is 1480. The van der Waals surface area contributed by atoms with Crippen molar-refractivity contribution in [2.24, 2.45) is 0 Å². The average molecular weight is 483 g/mol. The normalized spacial score (nSPS) is 10.7. The molecule has 5 rings (SSSR count). The van der Waals surface area contributed by atoms with Gasteiger partial charge in [0.25, 0.3) is 5.89 Å². The van der Waals surface area contributed by atoms with Gasteiger partial charge in [-0.2, -0.15) is 10.1 Å². The summed E-state index contributed by atoms with van der Waals surface area (Å²) in [6, 6.07) is 18.4. The highest BCUT2D eigenvalue weighted by Crippen LogP contribution is 2.34. The van der Waals surface area contributed by atoms with E-state index < -0.39 is 5.97 Å². The maximum atomic E-state index is 13.2. The smallest absolute Gasteiger partial charge is 0.360 e. The molecule has 0 aliphatic carbocycles. The Balaban J connectivity index is 1.44. The van der Waals surface area contributed by atoms with Crippen LogP contribution in [0.3, 0.4) is 0 Å². The SMILES string of the molecule is COc1ccc(-c2cn(-c3ccccc3)nc2C(=O)OCc2nc(-c3cccnc3)no2)cc1OC. The second-order valence-corrected chi connectivity index (χ2v) is 7.57. The number of carbonyl (C=O) groups is 1. The number of carbonyl (C=O) groups excluding carboxylic acids is 1. The van der Waals surface area contributed by atoms with E-state index in [-0.39, 0.29) is 18.2 Å². The molecule has 5 aromatic rings. The first-order valence-electron chi connectivity index (χ1n) is 10.9. The Morgan fingerprint density at radius 3 is 2.56 bits per heavy atom. The van der Waals surface area contributed by atoms with Crippen LogP contribution >= 0.6 is 0 Å². The van der Waals surface area contributed by atoms with Crippen molar-refractivity contribution in [3.63, 3.8) is 0 Å². The number of benzene rings is 2. The van der Waals surface area contributed by atoms with E-state index in [1.807, 2.05) is 36.4 Å². The second-order valence-electron chi connectivity index (χ2n) is 7.57. The average Bonchev–Trinajstić information content (AvgIpc) is 3.60. The standard InChI is InChI=1S/C26H21N5O5/c1-33-21-11-10-17(13-22(21)34-2)20-15-31(19-8-4-3-5-9-19)29-24(20)26(32)35-16-23-28-25(30-36-23)18-7-6-12-27-14-18/h3-15H,16H2,1-2H3. The lowest BCUT2D eigenvalue weighted by atomic mass is 10.1. The van der Waals surface area contributed by atoms with Gasteiger partial charge in [-0.3, -0.25) is 4.98 Å². The maximum Gasteiger partial charge on any atom is 0.360 e. The van der Waals surface area contributed by atoms with E-state index in [9.17, 15) is 4.79 Å². The topological polar surface area (TPSA) is 114 Å². The molecule has 0 amide bonds. The maximum absolute atomic E-state index is 13.2. The van der Waals surface area contributed by atoms with Gasteiger partial charge >= 0.3 is 5.97 Å². The molecule has 0 bridgehead atoms. The van der Waals surface area contributed by atoms with Crippen LogP contribution < -0.4 is 9.47 Å². The predicted molar refractivity (Wildman–Crippen MR) is 129 cm³/mol. The summed E-state index contributed by atoms with van der Waals surface area (Å²) in [6.45, 7) is -0.213. The molecule has 0 N–H and O–H groups in total. The second kappa shape index (κ2) is 10.1. The Hall–Kier alpha value is -4.99. The lowest BCUT2D eigenvalue weighted by Gasteiger charge is -2.09. The summed E-state index contributed by atoms with van der Waals surface area (Å²) < 4.78 is 23.1. The molecule has 0 aliphatic heterocycles. The fourth-order valence-corrected chi connectivity index (χ4v) is 3.57. The van der Waals surface area contributed by atoms with Gasteiger partial charge in [-0.05, 0) is 42.0 Å². The van der Waals surface area contributed by atoms with Crippen molar-refractivity contribution in [3.05, 3.63) is 90.8 Å². The van der Waals surface area contributed by atoms with E-state index in [4.69, 9.17) is 18.7 Å². The van der Waals surface area contributed by atoms with Crippen LogP contribution in [0.15, 0.2) is 83.8 Å². The van der Waals surface area contributed by atoms with E-state index in [1.165, 1.54) is 0 Å². The Morgan fingerprint density at radius 1 is 0.972 bits per heavy atom. The molecule has 0 radical (unpaired) electrons. The van der Waals surface area contributed by atoms with E-state index >= 15 is 0 Å². The van der Waals surface area contributed by atoms with Crippen LogP contribution in [0.4, 0.5) is 0 Å². The number of hydrogen-bond acceptors (Lipinski definition) is 9. The van der Waals surface area contributed by atoms with E-state index in [1.54, 1.807) is 61.8 Å². The number of pyridine rings is 1. The molecule has 0 spiro atoms. The molecule has 0 aliphatic rings. The van der Waals surface area contributed by atoms with Crippen molar-refractivity contribution >= 4 is 5.97 Å². The number of hydrogen-bond donors (Lipinski definition) is 0. The highest BCUT2D eigenvalue weighted by Gasteiger charge is 2.22. The monoisotopic (exact) mass is 483 g/mol. The van der Waals surface area contributed by atoms with Gasteiger partial charge in [-0.25, -0.2) is 9.48 Å². The van der Waals surface area contributed by atoms with Crippen molar-refractivity contribution in [1.82, 2.24) is 24.9 Å². The van der Waals surface area contributed by atoms with Gasteiger partial charge in [0.15, 0.2) is 23.8 Å². The van der Waals surface area contributed by atoms with E-state index in [0.29, 0.717) is 34.0 Å². The van der Waals surface area contributed by atoms with Crippen LogP contribution in [-0.4, -0.2) is 45.1 Å². The number of para-hydroxylation sites is 1. The third-order valence-electron chi connectivity index (χ3n) is 5.34. The van der Waals surface area contributed by atoms with Crippen molar-refractivity contribution < 1.29 is 23.5 Å². The Morgan fingerprint density at radius 2 is 1.81 bits per heavy atom. The number of nitrogens with zero attached hydrogens (tertiary/aromatic N) is 5. The summed E-state index contributed by atoms with van der Waals surface area (Å²) in [6.07, 6.45) is 5.03. The molecular weight excluding hydrogens is 462 g/mol. The van der Waals surface area contributed by atoms with Crippen LogP contribution in [0.5, 0.6) is 11.5 Å². The first-order chi connectivity index (χ1) is 17.7. The molecular formula is C26H21N5O5. The van der Waals surface area contributed by atoms with Gasteiger partial charge in [0.05, 0.1) is 19.9 Å². The van der Waals surface area contributed by atoms with Gasteiger partial charge in [-0.15, -0.1) is 0 Å². The largest absolute Gasteiger partial charge is 0.493 e. The first kappa shape index (κ1) is 22.8. The van der Waals surface area contributed by atoms with Gasteiger partial charge in [0.2, 0.25) is 5.82 Å². The zero-order valence-electron chi connectivity index (χ0n) is 19.5. The zero-order chi connectivity index (χ0) is 24.9. The van der Waals surface area contributed by atoms with Crippen LogP contribution in [0, 0.1) is 0 Å². The lowest BCUT2D eigenvalue weighted by molar-refractivity contribution is 0.0423. The molecule has 0 unspecified atom stereocenters. The van der Waals surface area contributed by atoms with Crippen LogP contribution in [0.2, 0.25) is 0 Å². The number of aromatic nitrogens is 5. The van der Waals surface area contributed by atoms with Crippen LogP contribution in [-0.2, 0) is 11.3 Å². The van der Waals surface area contributed by atoms with Gasteiger partial charge in [0.1, 0.15) is 0 Å². The van der Waals surface area contributed by atoms with Crippen molar-refractivity contribution in [3.8, 4) is 39.7 Å². The minimum atomic E-state index is -0.643. The molecule has 2 aromatic carbocycles. The third-order valence-corrected chi connectivity index (χ3v) is 5.34. The summed E-state index contributed by atoms with van der Waals surface area (Å²) in [5.74, 6) is 0.957. The fourth-order valence-electron chi connectivity index (χ4n) is 3.57. The summed E-state index contributed by atoms with van der Waals surface area (Å²) in [4.78, 5) is 21.5. The van der Waals surface area contributed by atoms with Gasteiger partial charge < -0.3 is 18.7 Å². The number of methoxy groups -OCH3 is 2. The Labute approximate surface area is 206 Å². The minimum absolute atomic E-state index is 0.123. The summed E-state index contributed by atoms with van der Waals surface area (Å²) in [7, 11) is 3.11. The quantitative estimate of drug-likeness (QED) is 0.297. The minimum Gasteiger partial charge on any atom is -0.493 e. The molecule has 0 atom stereocenters. The molecule has 36 heavy (non-hydrogen) atoms. The third kappa shape index (κ3) is 4.64. The molecule has 10 heteroatoms. The molecule has 180 valence electrons. The van der Waals surface area contributed by atoms with Crippen molar-refractivity contribution in [1.29, 1.82) is 0 Å². The molecule has 0 saturated carbocycles. The highest BCUT2D eigenvalue weighted by molar-refractivity contribution is 5.95. The zero-order valence-corrected chi connectivity index (χ0v) is 19.5. The number of rotatable bonds is 8. The highest BCUT2D eigenvalue weighted by atomic mass is 16.6.